The first-order valence-corrected chi connectivity index (χ1v) is 10.6. The van der Waals surface area contributed by atoms with Crippen molar-refractivity contribution in [1.29, 1.82) is 0 Å². The highest BCUT2D eigenvalue weighted by molar-refractivity contribution is 7.89. The summed E-state index contributed by atoms with van der Waals surface area (Å²) in [5.41, 5.74) is 1.08. The van der Waals surface area contributed by atoms with Crippen molar-refractivity contribution >= 4 is 15.9 Å². The Bertz CT molecular complexity index is 909. The van der Waals surface area contributed by atoms with Gasteiger partial charge in [-0.1, -0.05) is 30.3 Å². The van der Waals surface area contributed by atoms with Gasteiger partial charge in [0.05, 0.1) is 13.2 Å². The monoisotopic (exact) mass is 404 g/mol. The van der Waals surface area contributed by atoms with E-state index < -0.39 is 10.0 Å². The molecule has 0 saturated carbocycles. The van der Waals surface area contributed by atoms with Gasteiger partial charge in [-0.15, -0.1) is 0 Å². The van der Waals surface area contributed by atoms with Crippen LogP contribution in [0.4, 0.5) is 0 Å². The molecule has 1 atom stereocenters. The van der Waals surface area contributed by atoms with E-state index in [1.54, 1.807) is 6.07 Å². The molecule has 8 heteroatoms. The summed E-state index contributed by atoms with van der Waals surface area (Å²) in [6, 6.07) is 13.5. The van der Waals surface area contributed by atoms with Gasteiger partial charge in [0.2, 0.25) is 10.0 Å². The standard InChI is InChI=1S/C20H24N2O5S/c1-26-18-10-9-16(20(23)21-14-17-8-5-11-27-17)12-19(18)28(24,25)22-13-15-6-3-2-4-7-15/h2-4,6-7,9-10,12,17,22H,5,8,11,13-14H2,1H3,(H,21,23)/t17-/m0/s1. The molecule has 2 N–H and O–H groups in total. The number of hydrogen-bond donors (Lipinski definition) is 2. The Hall–Kier alpha value is -2.42. The maximum Gasteiger partial charge on any atom is 0.251 e. The summed E-state index contributed by atoms with van der Waals surface area (Å²) in [5.74, 6) is -0.172. The van der Waals surface area contributed by atoms with Crippen molar-refractivity contribution in [3.8, 4) is 5.75 Å². The number of carbonyl (C=O) groups excluding carboxylic acids is 1. The van der Waals surface area contributed by atoms with E-state index in [1.165, 1.54) is 19.2 Å². The quantitative estimate of drug-likeness (QED) is 0.703. The van der Waals surface area contributed by atoms with Gasteiger partial charge in [-0.2, -0.15) is 0 Å². The second-order valence-corrected chi connectivity index (χ2v) is 8.26. The Morgan fingerprint density at radius 2 is 2.00 bits per heavy atom. The molecule has 3 rings (SSSR count). The molecule has 1 fully saturated rings. The van der Waals surface area contributed by atoms with E-state index in [-0.39, 0.29) is 34.8 Å². The van der Waals surface area contributed by atoms with E-state index in [0.717, 1.165) is 18.4 Å². The fraction of sp³-hybridized carbons (Fsp3) is 0.350. The summed E-state index contributed by atoms with van der Waals surface area (Å²) >= 11 is 0. The largest absolute Gasteiger partial charge is 0.495 e. The average Bonchev–Trinajstić information content (AvgIpc) is 3.24. The number of carbonyl (C=O) groups is 1. The SMILES string of the molecule is COc1ccc(C(=O)NC[C@@H]2CCCO2)cc1S(=O)(=O)NCc1ccccc1. The van der Waals surface area contributed by atoms with Gasteiger partial charge in [-0.05, 0) is 36.6 Å². The van der Waals surface area contributed by atoms with Crippen molar-refractivity contribution in [3.63, 3.8) is 0 Å². The van der Waals surface area contributed by atoms with Gasteiger partial charge in [0.15, 0.2) is 0 Å². The Kier molecular flexibility index (Phi) is 6.66. The topological polar surface area (TPSA) is 93.7 Å². The third kappa shape index (κ3) is 5.09. The number of benzene rings is 2. The Morgan fingerprint density at radius 3 is 2.68 bits per heavy atom. The minimum atomic E-state index is -3.87. The number of hydrogen-bond acceptors (Lipinski definition) is 5. The molecule has 1 saturated heterocycles. The van der Waals surface area contributed by atoms with Crippen molar-refractivity contribution in [2.24, 2.45) is 0 Å². The molecule has 2 aromatic carbocycles. The van der Waals surface area contributed by atoms with Crippen LogP contribution < -0.4 is 14.8 Å². The maximum absolute atomic E-state index is 12.8. The Balaban J connectivity index is 1.74. The van der Waals surface area contributed by atoms with Gasteiger partial charge in [-0.25, -0.2) is 13.1 Å². The lowest BCUT2D eigenvalue weighted by Gasteiger charge is -2.14. The molecular formula is C20H24N2O5S. The van der Waals surface area contributed by atoms with Gasteiger partial charge < -0.3 is 14.8 Å². The van der Waals surface area contributed by atoms with Crippen LogP contribution in [-0.2, 0) is 21.3 Å². The van der Waals surface area contributed by atoms with Gasteiger partial charge >= 0.3 is 0 Å². The number of nitrogens with one attached hydrogen (secondary N) is 2. The van der Waals surface area contributed by atoms with E-state index in [4.69, 9.17) is 9.47 Å². The summed E-state index contributed by atoms with van der Waals surface area (Å²) in [6.07, 6.45) is 1.91. The molecule has 28 heavy (non-hydrogen) atoms. The van der Waals surface area contributed by atoms with E-state index in [9.17, 15) is 13.2 Å². The van der Waals surface area contributed by atoms with E-state index in [1.807, 2.05) is 30.3 Å². The first-order chi connectivity index (χ1) is 13.5. The lowest BCUT2D eigenvalue weighted by molar-refractivity contribution is 0.0857. The molecule has 7 nitrogen and oxygen atoms in total. The lowest BCUT2D eigenvalue weighted by atomic mass is 10.2. The molecule has 0 aliphatic carbocycles. The smallest absolute Gasteiger partial charge is 0.251 e. The van der Waals surface area contributed by atoms with E-state index in [0.29, 0.717) is 13.2 Å². The minimum Gasteiger partial charge on any atom is -0.495 e. The van der Waals surface area contributed by atoms with Crippen molar-refractivity contribution in [2.75, 3.05) is 20.3 Å². The van der Waals surface area contributed by atoms with Crippen LogP contribution in [0.3, 0.4) is 0 Å². The zero-order valence-corrected chi connectivity index (χ0v) is 16.5. The van der Waals surface area contributed by atoms with Crippen molar-refractivity contribution in [1.82, 2.24) is 10.0 Å². The molecule has 0 radical (unpaired) electrons. The van der Waals surface area contributed by atoms with Crippen LogP contribution in [-0.4, -0.2) is 40.7 Å². The van der Waals surface area contributed by atoms with Crippen LogP contribution in [0.15, 0.2) is 53.4 Å². The molecule has 0 spiro atoms. The van der Waals surface area contributed by atoms with Crippen LogP contribution in [0.25, 0.3) is 0 Å². The van der Waals surface area contributed by atoms with Crippen LogP contribution in [0, 0.1) is 0 Å². The van der Waals surface area contributed by atoms with E-state index in [2.05, 4.69) is 10.0 Å². The fourth-order valence-electron chi connectivity index (χ4n) is 2.99. The maximum atomic E-state index is 12.8. The normalized spacial score (nSPS) is 16.7. The van der Waals surface area contributed by atoms with Crippen molar-refractivity contribution in [2.45, 2.75) is 30.4 Å². The molecule has 1 amide bonds. The molecule has 1 aliphatic rings. The molecule has 1 heterocycles. The van der Waals surface area contributed by atoms with Gasteiger partial charge in [0, 0.05) is 25.3 Å². The third-order valence-electron chi connectivity index (χ3n) is 4.54. The molecule has 0 aromatic heterocycles. The van der Waals surface area contributed by atoms with Gasteiger partial charge in [0.1, 0.15) is 10.6 Å². The highest BCUT2D eigenvalue weighted by Crippen LogP contribution is 2.25. The zero-order valence-electron chi connectivity index (χ0n) is 15.7. The average molecular weight is 404 g/mol. The molecule has 2 aromatic rings. The molecule has 1 aliphatic heterocycles. The van der Waals surface area contributed by atoms with Crippen LogP contribution in [0.5, 0.6) is 5.75 Å². The molecule has 150 valence electrons. The summed E-state index contributed by atoms with van der Waals surface area (Å²) < 4.78 is 38.8. The van der Waals surface area contributed by atoms with Crippen LogP contribution in [0.1, 0.15) is 28.8 Å². The number of rotatable bonds is 8. The minimum absolute atomic E-state index is 0.0120. The summed E-state index contributed by atoms with van der Waals surface area (Å²) in [7, 11) is -2.48. The highest BCUT2D eigenvalue weighted by Gasteiger charge is 2.22. The van der Waals surface area contributed by atoms with Crippen molar-refractivity contribution < 1.29 is 22.7 Å². The summed E-state index contributed by atoms with van der Waals surface area (Å²) in [5, 5.41) is 2.79. The van der Waals surface area contributed by atoms with Gasteiger partial charge in [-0.3, -0.25) is 4.79 Å². The molecular weight excluding hydrogens is 380 g/mol. The summed E-state index contributed by atoms with van der Waals surface area (Å²) in [4.78, 5) is 12.4. The van der Waals surface area contributed by atoms with Crippen LogP contribution >= 0.6 is 0 Å². The second-order valence-electron chi connectivity index (χ2n) is 6.52. The van der Waals surface area contributed by atoms with Crippen LogP contribution in [0.2, 0.25) is 0 Å². The first kappa shape index (κ1) is 20.3. The zero-order chi connectivity index (χ0) is 20.0. The second kappa shape index (κ2) is 9.18. The predicted octanol–water partition coefficient (Wildman–Crippen LogP) is 2.08. The molecule has 0 bridgehead atoms. The van der Waals surface area contributed by atoms with E-state index >= 15 is 0 Å². The van der Waals surface area contributed by atoms with Crippen molar-refractivity contribution in [3.05, 3.63) is 59.7 Å². The Labute approximate surface area is 165 Å². The lowest BCUT2D eigenvalue weighted by Crippen LogP contribution is -2.32. The highest BCUT2D eigenvalue weighted by atomic mass is 32.2. The van der Waals surface area contributed by atoms with Gasteiger partial charge in [0.25, 0.3) is 5.91 Å². The fourth-order valence-corrected chi connectivity index (χ4v) is 4.20. The number of methoxy groups -OCH3 is 1. The number of amides is 1. The third-order valence-corrected chi connectivity index (χ3v) is 5.96. The first-order valence-electron chi connectivity index (χ1n) is 9.11. The Morgan fingerprint density at radius 1 is 1.21 bits per heavy atom. The predicted molar refractivity (Wildman–Crippen MR) is 105 cm³/mol. The number of ether oxygens (including phenoxy) is 2. The summed E-state index contributed by atoms with van der Waals surface area (Å²) in [6.45, 7) is 1.25. The molecule has 0 unspecified atom stereocenters. The number of sulfonamides is 1.